The third-order valence-electron chi connectivity index (χ3n) is 7.43. The Morgan fingerprint density at radius 1 is 0.723 bits per heavy atom. The first-order chi connectivity index (χ1) is 22.8. The minimum absolute atomic E-state index is 0.208. The van der Waals surface area contributed by atoms with Gasteiger partial charge in [-0.1, -0.05) is 105 Å². The van der Waals surface area contributed by atoms with E-state index >= 15 is 0 Å². The van der Waals surface area contributed by atoms with Gasteiger partial charge in [0.15, 0.2) is 6.29 Å². The second-order valence-electron chi connectivity index (χ2n) is 11.5. The number of rotatable bonds is 25. The molecule has 7 atom stereocenters. The molecule has 0 radical (unpaired) electrons. The number of hydrogen-bond donors (Lipinski definition) is 6. The number of carbonyl (C=O) groups is 1. The molecular formula is C38H61NO8. The zero-order chi connectivity index (χ0) is 34.5. The second-order valence-corrected chi connectivity index (χ2v) is 11.5. The van der Waals surface area contributed by atoms with Crippen LogP contribution in [0.25, 0.3) is 0 Å². The SMILES string of the molecule is CC/C=C\C/C=C\C/C=C\C/C=C\CCC(=O)NC(COC1OC(CO)C(O)C(O)C1O)C(O)/C=C/CC/C=C/CC/C=C/CCC. The van der Waals surface area contributed by atoms with Gasteiger partial charge in [-0.3, -0.25) is 4.79 Å². The first kappa shape index (κ1) is 42.4. The number of aliphatic hydroxyl groups is 5. The van der Waals surface area contributed by atoms with Crippen LogP contribution in [0.1, 0.15) is 90.9 Å². The molecular weight excluding hydrogens is 598 g/mol. The van der Waals surface area contributed by atoms with E-state index in [0.29, 0.717) is 12.8 Å². The van der Waals surface area contributed by atoms with Crippen LogP contribution in [-0.2, 0) is 14.3 Å². The Labute approximate surface area is 282 Å². The lowest BCUT2D eigenvalue weighted by molar-refractivity contribution is -0.302. The van der Waals surface area contributed by atoms with Crippen LogP contribution in [0.5, 0.6) is 0 Å². The molecule has 9 heteroatoms. The summed E-state index contributed by atoms with van der Waals surface area (Å²) in [6.45, 7) is 3.45. The molecule has 1 heterocycles. The van der Waals surface area contributed by atoms with Crippen LogP contribution in [0.15, 0.2) is 85.1 Å². The van der Waals surface area contributed by atoms with E-state index in [2.05, 4.69) is 79.9 Å². The minimum atomic E-state index is -1.59. The molecule has 1 saturated heterocycles. The van der Waals surface area contributed by atoms with Gasteiger partial charge in [0.25, 0.3) is 0 Å². The Balaban J connectivity index is 2.62. The second kappa shape index (κ2) is 28.4. The number of carbonyl (C=O) groups excluding carboxylic acids is 1. The lowest BCUT2D eigenvalue weighted by Crippen LogP contribution is -2.60. The average Bonchev–Trinajstić information content (AvgIpc) is 3.07. The fraction of sp³-hybridized carbons (Fsp3) is 0.605. The average molecular weight is 660 g/mol. The summed E-state index contributed by atoms with van der Waals surface area (Å²) in [5.74, 6) is -0.279. The Morgan fingerprint density at radius 2 is 1.26 bits per heavy atom. The maximum Gasteiger partial charge on any atom is 0.220 e. The van der Waals surface area contributed by atoms with Crippen LogP contribution in [0.2, 0.25) is 0 Å². The Morgan fingerprint density at radius 3 is 1.83 bits per heavy atom. The van der Waals surface area contributed by atoms with Crippen LogP contribution in [0, 0.1) is 0 Å². The van der Waals surface area contributed by atoms with Crippen molar-refractivity contribution in [2.24, 2.45) is 0 Å². The summed E-state index contributed by atoms with van der Waals surface area (Å²) in [5, 5.41) is 53.6. The molecule has 0 bridgehead atoms. The van der Waals surface area contributed by atoms with Crippen molar-refractivity contribution in [2.45, 2.75) is 134 Å². The highest BCUT2D eigenvalue weighted by Gasteiger charge is 2.44. The summed E-state index contributed by atoms with van der Waals surface area (Å²) in [6, 6.07) is -0.867. The fourth-order valence-electron chi connectivity index (χ4n) is 4.61. The molecule has 0 aromatic heterocycles. The van der Waals surface area contributed by atoms with E-state index in [1.165, 1.54) is 0 Å². The van der Waals surface area contributed by atoms with E-state index in [-0.39, 0.29) is 18.9 Å². The standard InChI is InChI=1S/C38H61NO8/c1-3-5-7-9-11-13-15-16-18-20-22-24-26-28-34(42)39-31(30-46-38-37(45)36(44)35(43)33(29-40)47-38)32(41)27-25-23-21-19-17-14-12-10-8-6-4-2/h5,7-8,10-11,13,16-19,22,24-25,27,31-33,35-38,40-41,43-45H,3-4,6,9,12,14-15,20-21,23,26,28-30H2,1-2H3,(H,39,42)/b7-5-,10-8+,13-11-,18-16-,19-17+,24-22-,27-25+. The molecule has 47 heavy (non-hydrogen) atoms. The van der Waals surface area contributed by atoms with Crippen LogP contribution in [0.4, 0.5) is 0 Å². The molecule has 0 spiro atoms. The minimum Gasteiger partial charge on any atom is -0.394 e. The van der Waals surface area contributed by atoms with Crippen LogP contribution in [-0.4, -0.2) is 87.5 Å². The lowest BCUT2D eigenvalue weighted by Gasteiger charge is -2.40. The number of hydrogen-bond acceptors (Lipinski definition) is 8. The number of ether oxygens (including phenoxy) is 2. The number of allylic oxidation sites excluding steroid dienone is 13. The predicted octanol–water partition coefficient (Wildman–Crippen LogP) is 5.26. The molecule has 1 amide bonds. The lowest BCUT2D eigenvalue weighted by atomic mass is 9.99. The molecule has 0 aromatic rings. The van der Waals surface area contributed by atoms with Gasteiger partial charge in [-0.05, 0) is 64.2 Å². The van der Waals surface area contributed by atoms with E-state index in [9.17, 15) is 30.3 Å². The summed E-state index contributed by atoms with van der Waals surface area (Å²) in [5.41, 5.74) is 0. The topological polar surface area (TPSA) is 149 Å². The highest BCUT2D eigenvalue weighted by molar-refractivity contribution is 5.76. The van der Waals surface area contributed by atoms with Crippen molar-refractivity contribution in [2.75, 3.05) is 13.2 Å². The molecule has 7 unspecified atom stereocenters. The van der Waals surface area contributed by atoms with Crippen LogP contribution >= 0.6 is 0 Å². The van der Waals surface area contributed by atoms with Gasteiger partial charge in [0.2, 0.25) is 5.91 Å². The first-order valence-corrected chi connectivity index (χ1v) is 17.3. The predicted molar refractivity (Wildman–Crippen MR) is 188 cm³/mol. The summed E-state index contributed by atoms with van der Waals surface area (Å²) >= 11 is 0. The molecule has 0 saturated carbocycles. The van der Waals surface area contributed by atoms with Crippen molar-refractivity contribution in [3.8, 4) is 0 Å². The number of aliphatic hydroxyl groups excluding tert-OH is 5. The monoisotopic (exact) mass is 659 g/mol. The first-order valence-electron chi connectivity index (χ1n) is 17.3. The number of unbranched alkanes of at least 4 members (excludes halogenated alkanes) is 3. The molecule has 0 aromatic carbocycles. The maximum absolute atomic E-state index is 12.8. The zero-order valence-electron chi connectivity index (χ0n) is 28.5. The molecule has 1 rings (SSSR count). The Kier molecular flexibility index (Phi) is 25.6. The van der Waals surface area contributed by atoms with Crippen molar-refractivity contribution in [1.29, 1.82) is 0 Å². The van der Waals surface area contributed by atoms with E-state index in [0.717, 1.165) is 57.8 Å². The van der Waals surface area contributed by atoms with Gasteiger partial charge >= 0.3 is 0 Å². The van der Waals surface area contributed by atoms with E-state index in [1.807, 2.05) is 18.2 Å². The molecule has 6 N–H and O–H groups in total. The maximum atomic E-state index is 12.8. The molecule has 1 aliphatic rings. The smallest absolute Gasteiger partial charge is 0.220 e. The van der Waals surface area contributed by atoms with E-state index < -0.39 is 49.5 Å². The quantitative estimate of drug-likeness (QED) is 0.0574. The van der Waals surface area contributed by atoms with Gasteiger partial charge < -0.3 is 40.3 Å². The number of amides is 1. The molecule has 9 nitrogen and oxygen atoms in total. The fourth-order valence-corrected chi connectivity index (χ4v) is 4.61. The van der Waals surface area contributed by atoms with Crippen molar-refractivity contribution >= 4 is 5.91 Å². The van der Waals surface area contributed by atoms with Gasteiger partial charge in [0.05, 0.1) is 25.4 Å². The zero-order valence-corrected chi connectivity index (χ0v) is 28.5. The molecule has 266 valence electrons. The summed E-state index contributed by atoms with van der Waals surface area (Å²) in [7, 11) is 0. The van der Waals surface area contributed by atoms with E-state index in [4.69, 9.17) is 9.47 Å². The third-order valence-corrected chi connectivity index (χ3v) is 7.43. The normalized spacial score (nSPS) is 23.9. The highest BCUT2D eigenvalue weighted by atomic mass is 16.7. The van der Waals surface area contributed by atoms with Gasteiger partial charge in [0, 0.05) is 6.42 Å². The summed E-state index contributed by atoms with van der Waals surface area (Å²) < 4.78 is 11.1. The third kappa shape index (κ3) is 20.4. The Bertz CT molecular complexity index is 1000. The largest absolute Gasteiger partial charge is 0.394 e. The Hall–Kier alpha value is -2.63. The molecule has 1 aliphatic heterocycles. The van der Waals surface area contributed by atoms with Crippen molar-refractivity contribution < 1.29 is 39.8 Å². The van der Waals surface area contributed by atoms with Gasteiger partial charge in [-0.2, -0.15) is 0 Å². The van der Waals surface area contributed by atoms with Crippen molar-refractivity contribution in [3.63, 3.8) is 0 Å². The summed E-state index contributed by atoms with van der Waals surface area (Å²) in [4.78, 5) is 12.8. The van der Waals surface area contributed by atoms with Gasteiger partial charge in [0.1, 0.15) is 24.4 Å². The highest BCUT2D eigenvalue weighted by Crippen LogP contribution is 2.22. The summed E-state index contributed by atoms with van der Waals surface area (Å²) in [6.07, 6.45) is 30.8. The molecule has 1 fully saturated rings. The van der Waals surface area contributed by atoms with Crippen molar-refractivity contribution in [3.05, 3.63) is 85.1 Å². The van der Waals surface area contributed by atoms with Gasteiger partial charge in [-0.15, -0.1) is 0 Å². The van der Waals surface area contributed by atoms with Crippen LogP contribution in [0.3, 0.4) is 0 Å². The number of nitrogens with one attached hydrogen (secondary N) is 1. The van der Waals surface area contributed by atoms with Crippen LogP contribution < -0.4 is 5.32 Å². The van der Waals surface area contributed by atoms with Gasteiger partial charge in [-0.25, -0.2) is 0 Å². The van der Waals surface area contributed by atoms with E-state index in [1.54, 1.807) is 6.08 Å². The molecule has 0 aliphatic carbocycles. The van der Waals surface area contributed by atoms with Crippen molar-refractivity contribution in [1.82, 2.24) is 5.32 Å².